The Bertz CT molecular complexity index is 835. The average Bonchev–Trinajstić information content (AvgIpc) is 2.52. The lowest BCUT2D eigenvalue weighted by molar-refractivity contribution is -0.347. The lowest BCUT2D eigenvalue weighted by Gasteiger charge is -2.26. The molecule has 0 spiro atoms. The van der Waals surface area contributed by atoms with Crippen molar-refractivity contribution in [3.63, 3.8) is 0 Å². The third-order valence-electron chi connectivity index (χ3n) is 3.34. The lowest BCUT2D eigenvalue weighted by Crippen LogP contribution is -2.52. The van der Waals surface area contributed by atoms with Crippen molar-refractivity contribution in [3.8, 4) is 0 Å². The van der Waals surface area contributed by atoms with E-state index in [1.54, 1.807) is 24.3 Å². The van der Waals surface area contributed by atoms with Crippen LogP contribution in [0.25, 0.3) is 10.8 Å². The number of hydrogen-bond acceptors (Lipinski definition) is 1. The number of rotatable bonds is 4. The number of ketones is 1. The smallest absolute Gasteiger partial charge is 0.289 e. The summed E-state index contributed by atoms with van der Waals surface area (Å²) in [6.07, 6.45) is -7.25. The molecule has 0 bridgehead atoms. The van der Waals surface area contributed by atoms with Gasteiger partial charge < -0.3 is 0 Å². The first-order valence-electron chi connectivity index (χ1n) is 6.61. The summed E-state index contributed by atoms with van der Waals surface area (Å²) in [5.74, 6) is -17.5. The molecule has 1 nitrogen and oxygen atoms in total. The first-order chi connectivity index (χ1) is 11.4. The molecule has 2 aromatic rings. The maximum Gasteiger partial charge on any atom is 0.460 e. The molecule has 25 heavy (non-hydrogen) atoms. The molecule has 0 unspecified atom stereocenters. The molecule has 0 atom stereocenters. The summed E-state index contributed by atoms with van der Waals surface area (Å²) in [4.78, 5) is 11.7. The van der Waals surface area contributed by atoms with Crippen molar-refractivity contribution in [2.45, 2.75) is 18.0 Å². The van der Waals surface area contributed by atoms with Gasteiger partial charge in [0.15, 0.2) is 11.6 Å². The van der Waals surface area contributed by atoms with Gasteiger partial charge >= 0.3 is 18.0 Å². The molecule has 0 amide bonds. The minimum Gasteiger partial charge on any atom is -0.289 e. The number of carbonyl (C=O) groups excluding carboxylic acids is 1. The Morgan fingerprint density at radius 2 is 1.40 bits per heavy atom. The first-order valence-corrected chi connectivity index (χ1v) is 6.61. The second kappa shape index (κ2) is 6.12. The molecular weight excluding hydrogens is 360 g/mol. The second-order valence-corrected chi connectivity index (χ2v) is 5.07. The monoisotopic (exact) mass is 368 g/mol. The zero-order chi connectivity index (χ0) is 19.0. The zero-order valence-corrected chi connectivity index (χ0v) is 12.1. The van der Waals surface area contributed by atoms with Gasteiger partial charge in [0.05, 0.1) is 0 Å². The average molecular weight is 368 g/mol. The molecule has 134 valence electrons. The van der Waals surface area contributed by atoms with Crippen LogP contribution in [0.1, 0.15) is 10.4 Å². The van der Waals surface area contributed by atoms with Gasteiger partial charge in [-0.15, -0.1) is 0 Å². The summed E-state index contributed by atoms with van der Waals surface area (Å²) in [5.41, 5.74) is -0.347. The molecule has 0 saturated carbocycles. The van der Waals surface area contributed by atoms with Crippen LogP contribution in [0.4, 0.5) is 35.1 Å². The van der Waals surface area contributed by atoms with E-state index in [9.17, 15) is 39.9 Å². The number of hydrogen-bond donors (Lipinski definition) is 0. The normalized spacial score (nSPS) is 14.0. The SMILES string of the molecule is O=C(/C=C(\F)C(F)(F)C(F)(F)C(F)(F)F)c1ccc2ccccc2c1. The molecule has 0 aliphatic heterocycles. The number of benzene rings is 2. The minimum absolute atomic E-state index is 0.347. The van der Waals surface area contributed by atoms with E-state index in [4.69, 9.17) is 0 Å². The quantitative estimate of drug-likeness (QED) is 0.384. The van der Waals surface area contributed by atoms with Crippen LogP contribution in [0.3, 0.4) is 0 Å². The summed E-state index contributed by atoms with van der Waals surface area (Å²) in [7, 11) is 0. The molecular formula is C16H8F8O. The van der Waals surface area contributed by atoms with Crippen molar-refractivity contribution < 1.29 is 39.9 Å². The minimum atomic E-state index is -6.69. The highest BCUT2D eigenvalue weighted by atomic mass is 19.4. The fraction of sp³-hybridized carbons (Fsp3) is 0.188. The van der Waals surface area contributed by atoms with Gasteiger partial charge in [0.1, 0.15) is 0 Å². The first kappa shape index (κ1) is 18.9. The highest BCUT2D eigenvalue weighted by molar-refractivity contribution is 6.07. The van der Waals surface area contributed by atoms with Crippen LogP contribution >= 0.6 is 0 Å². The van der Waals surface area contributed by atoms with Gasteiger partial charge in [0, 0.05) is 11.6 Å². The molecule has 0 saturated heterocycles. The molecule has 0 aliphatic rings. The molecule has 0 heterocycles. The summed E-state index contributed by atoms with van der Waals surface area (Å²) < 4.78 is 101. The van der Waals surface area contributed by atoms with E-state index >= 15 is 0 Å². The topological polar surface area (TPSA) is 17.1 Å². The van der Waals surface area contributed by atoms with Gasteiger partial charge in [-0.25, -0.2) is 4.39 Å². The number of allylic oxidation sites excluding steroid dienone is 2. The van der Waals surface area contributed by atoms with Gasteiger partial charge in [0.25, 0.3) is 0 Å². The Kier molecular flexibility index (Phi) is 4.63. The Labute approximate surface area is 135 Å². The van der Waals surface area contributed by atoms with Crippen molar-refractivity contribution >= 4 is 16.6 Å². The highest BCUT2D eigenvalue weighted by Crippen LogP contribution is 2.50. The Morgan fingerprint density at radius 3 is 1.96 bits per heavy atom. The molecule has 9 heteroatoms. The van der Waals surface area contributed by atoms with Crippen LogP contribution in [-0.2, 0) is 0 Å². The van der Waals surface area contributed by atoms with E-state index in [2.05, 4.69) is 0 Å². The van der Waals surface area contributed by atoms with Crippen LogP contribution in [0.2, 0.25) is 0 Å². The molecule has 0 N–H and O–H groups in total. The Balaban J connectivity index is 2.38. The van der Waals surface area contributed by atoms with Gasteiger partial charge in [-0.1, -0.05) is 36.4 Å². The molecule has 0 aromatic heterocycles. The summed E-state index contributed by atoms with van der Waals surface area (Å²) in [5, 5.41) is 1.12. The van der Waals surface area contributed by atoms with E-state index in [-0.39, 0.29) is 5.56 Å². The molecule has 0 radical (unpaired) electrons. The molecule has 2 rings (SSSR count). The van der Waals surface area contributed by atoms with Gasteiger partial charge in [0.2, 0.25) is 0 Å². The van der Waals surface area contributed by atoms with Crippen LogP contribution < -0.4 is 0 Å². The summed E-state index contributed by atoms with van der Waals surface area (Å²) in [6, 6.07) is 10.1. The highest BCUT2D eigenvalue weighted by Gasteiger charge is 2.75. The summed E-state index contributed by atoms with van der Waals surface area (Å²) >= 11 is 0. The van der Waals surface area contributed by atoms with Crippen LogP contribution in [-0.4, -0.2) is 23.8 Å². The van der Waals surface area contributed by atoms with Crippen LogP contribution in [0.15, 0.2) is 54.4 Å². The van der Waals surface area contributed by atoms with Gasteiger partial charge in [-0.05, 0) is 16.8 Å². The predicted octanol–water partition coefficient (Wildman–Crippen LogP) is 5.71. The van der Waals surface area contributed by atoms with Gasteiger partial charge in [-0.3, -0.25) is 4.79 Å². The Morgan fingerprint density at radius 1 is 0.840 bits per heavy atom. The van der Waals surface area contributed by atoms with Crippen molar-refractivity contribution in [2.24, 2.45) is 0 Å². The number of alkyl halides is 7. The summed E-state index contributed by atoms with van der Waals surface area (Å²) in [6.45, 7) is 0. The largest absolute Gasteiger partial charge is 0.460 e. The zero-order valence-electron chi connectivity index (χ0n) is 12.1. The number of carbonyl (C=O) groups is 1. The van der Waals surface area contributed by atoms with E-state index in [0.29, 0.717) is 10.8 Å². The Hall–Kier alpha value is -2.45. The van der Waals surface area contributed by atoms with E-state index in [1.165, 1.54) is 12.1 Å². The van der Waals surface area contributed by atoms with Crippen LogP contribution in [0.5, 0.6) is 0 Å². The standard InChI is InChI=1S/C16H8F8O/c17-13(14(18,19)15(20,21)16(22,23)24)8-12(25)11-6-5-9-3-1-2-4-10(9)7-11/h1-8H/b13-8-. The van der Waals surface area contributed by atoms with Gasteiger partial charge in [-0.2, -0.15) is 30.7 Å². The maximum atomic E-state index is 13.4. The van der Waals surface area contributed by atoms with E-state index in [1.807, 2.05) is 0 Å². The third-order valence-corrected chi connectivity index (χ3v) is 3.34. The molecule has 0 aliphatic carbocycles. The van der Waals surface area contributed by atoms with E-state index < -0.39 is 35.7 Å². The fourth-order valence-electron chi connectivity index (χ4n) is 1.96. The molecule has 0 fully saturated rings. The number of fused-ring (bicyclic) bond motifs is 1. The maximum absolute atomic E-state index is 13.4. The second-order valence-electron chi connectivity index (χ2n) is 5.07. The van der Waals surface area contributed by atoms with Crippen molar-refractivity contribution in [2.75, 3.05) is 0 Å². The van der Waals surface area contributed by atoms with Crippen molar-refractivity contribution in [3.05, 3.63) is 59.9 Å². The fourth-order valence-corrected chi connectivity index (χ4v) is 1.96. The predicted molar refractivity (Wildman–Crippen MR) is 73.4 cm³/mol. The van der Waals surface area contributed by atoms with E-state index in [0.717, 1.165) is 6.07 Å². The number of halogens is 8. The van der Waals surface area contributed by atoms with Crippen molar-refractivity contribution in [1.82, 2.24) is 0 Å². The third kappa shape index (κ3) is 3.35. The molecule has 2 aromatic carbocycles. The van der Waals surface area contributed by atoms with Crippen LogP contribution in [0, 0.1) is 0 Å². The van der Waals surface area contributed by atoms with Crippen molar-refractivity contribution in [1.29, 1.82) is 0 Å². The lowest BCUT2D eigenvalue weighted by atomic mass is 10.0.